The Hall–Kier alpha value is -3.56. The molecule has 41 heavy (non-hydrogen) atoms. The lowest BCUT2D eigenvalue weighted by Crippen LogP contribution is -2.53. The molecule has 1 saturated carbocycles. The summed E-state index contributed by atoms with van der Waals surface area (Å²) in [6.45, 7) is 1.19. The van der Waals surface area contributed by atoms with Crippen molar-refractivity contribution in [2.75, 3.05) is 18.0 Å². The lowest BCUT2D eigenvalue weighted by molar-refractivity contribution is -0.139. The van der Waals surface area contributed by atoms with Gasteiger partial charge in [0, 0.05) is 17.6 Å². The third-order valence-corrected chi connectivity index (χ3v) is 9.54. The number of carbonyl (C=O) groups excluding carboxylic acids is 2. The number of sulfonamides is 1. The Morgan fingerprint density at radius 2 is 1.59 bits per heavy atom. The highest BCUT2D eigenvalue weighted by atomic mass is 35.5. The van der Waals surface area contributed by atoms with Crippen LogP contribution < -0.4 is 14.4 Å². The van der Waals surface area contributed by atoms with Crippen LogP contribution in [-0.4, -0.2) is 50.9 Å². The van der Waals surface area contributed by atoms with E-state index in [1.165, 1.54) is 24.1 Å². The molecule has 8 nitrogen and oxygen atoms in total. The van der Waals surface area contributed by atoms with E-state index in [9.17, 15) is 18.0 Å². The Balaban J connectivity index is 1.67. The van der Waals surface area contributed by atoms with E-state index in [1.807, 2.05) is 0 Å². The smallest absolute Gasteiger partial charge is 0.264 e. The monoisotopic (exact) mass is 597 g/mol. The van der Waals surface area contributed by atoms with Gasteiger partial charge in [-0.15, -0.1) is 0 Å². The molecule has 0 saturated heterocycles. The topological polar surface area (TPSA) is 96.0 Å². The summed E-state index contributed by atoms with van der Waals surface area (Å²) >= 11 is 6.44. The number of halogens is 1. The Labute approximate surface area is 247 Å². The quantitative estimate of drug-likeness (QED) is 0.319. The van der Waals surface area contributed by atoms with Crippen LogP contribution in [0.4, 0.5) is 5.69 Å². The molecule has 218 valence electrons. The van der Waals surface area contributed by atoms with E-state index in [0.29, 0.717) is 22.0 Å². The number of ether oxygens (including phenoxy) is 1. The van der Waals surface area contributed by atoms with Gasteiger partial charge in [-0.2, -0.15) is 0 Å². The average molecular weight is 598 g/mol. The van der Waals surface area contributed by atoms with Gasteiger partial charge in [-0.1, -0.05) is 67.3 Å². The van der Waals surface area contributed by atoms with Crippen LogP contribution in [0.1, 0.15) is 44.6 Å². The van der Waals surface area contributed by atoms with Gasteiger partial charge in [0.25, 0.3) is 10.0 Å². The highest BCUT2D eigenvalue weighted by Gasteiger charge is 2.33. The molecule has 1 aliphatic rings. The summed E-state index contributed by atoms with van der Waals surface area (Å²) in [5, 5.41) is 3.55. The Morgan fingerprint density at radius 3 is 2.22 bits per heavy atom. The van der Waals surface area contributed by atoms with Gasteiger partial charge in [0.05, 0.1) is 17.7 Å². The molecule has 10 heteroatoms. The number of hydrogen-bond acceptors (Lipinski definition) is 5. The van der Waals surface area contributed by atoms with E-state index in [1.54, 1.807) is 73.7 Å². The van der Waals surface area contributed by atoms with Crippen LogP contribution in [0.25, 0.3) is 0 Å². The minimum atomic E-state index is -4.13. The van der Waals surface area contributed by atoms with Crippen molar-refractivity contribution in [1.82, 2.24) is 10.2 Å². The second-order valence-corrected chi connectivity index (χ2v) is 12.4. The number of anilines is 1. The van der Waals surface area contributed by atoms with E-state index in [4.69, 9.17) is 16.3 Å². The average Bonchev–Trinajstić information content (AvgIpc) is 3.00. The maximum atomic E-state index is 14.1. The van der Waals surface area contributed by atoms with Crippen LogP contribution in [0.2, 0.25) is 5.02 Å². The van der Waals surface area contributed by atoms with E-state index in [-0.39, 0.29) is 23.4 Å². The van der Waals surface area contributed by atoms with Gasteiger partial charge in [-0.25, -0.2) is 8.42 Å². The molecule has 3 aromatic carbocycles. The first kappa shape index (κ1) is 30.4. The van der Waals surface area contributed by atoms with E-state index >= 15 is 0 Å². The largest absolute Gasteiger partial charge is 0.497 e. The van der Waals surface area contributed by atoms with Crippen LogP contribution in [0, 0.1) is 0 Å². The van der Waals surface area contributed by atoms with E-state index < -0.39 is 28.5 Å². The highest BCUT2D eigenvalue weighted by Crippen LogP contribution is 2.27. The summed E-state index contributed by atoms with van der Waals surface area (Å²) in [5.41, 5.74) is 0.946. The third kappa shape index (κ3) is 7.59. The molecule has 0 spiro atoms. The minimum absolute atomic E-state index is 0.0413. The highest BCUT2D eigenvalue weighted by molar-refractivity contribution is 7.92. The van der Waals surface area contributed by atoms with Gasteiger partial charge in [-0.05, 0) is 67.8 Å². The molecule has 0 radical (unpaired) electrons. The molecule has 0 unspecified atom stereocenters. The van der Waals surface area contributed by atoms with Crippen molar-refractivity contribution in [3.63, 3.8) is 0 Å². The first-order valence-corrected chi connectivity index (χ1v) is 15.6. The molecule has 2 amide bonds. The number of methoxy groups -OCH3 is 1. The number of carbonyl (C=O) groups is 2. The third-order valence-electron chi connectivity index (χ3n) is 7.39. The van der Waals surface area contributed by atoms with E-state index in [0.717, 1.165) is 36.4 Å². The van der Waals surface area contributed by atoms with Crippen molar-refractivity contribution < 1.29 is 22.7 Å². The molecule has 1 N–H and O–H groups in total. The zero-order valence-corrected chi connectivity index (χ0v) is 24.9. The maximum Gasteiger partial charge on any atom is 0.264 e. The minimum Gasteiger partial charge on any atom is -0.497 e. The standard InChI is InChI=1S/C31H36ClN3O5S/c1-23(31(37)33-25-12-5-3-6-13-25)34(21-24-11-9-10-16-29(24)32)30(36)22-35(26-17-19-27(40-2)20-18-26)41(38,39)28-14-7-4-8-15-28/h4,7-11,14-20,23,25H,3,5-6,12-13,21-22H2,1-2H3,(H,33,37)/t23-/m1/s1. The zero-order chi connectivity index (χ0) is 29.4. The van der Waals surface area contributed by atoms with Gasteiger partial charge in [-0.3, -0.25) is 13.9 Å². The fraction of sp³-hybridized carbons (Fsp3) is 0.355. The van der Waals surface area contributed by atoms with Crippen molar-refractivity contribution in [1.29, 1.82) is 0 Å². The van der Waals surface area contributed by atoms with Crippen LogP contribution in [0.3, 0.4) is 0 Å². The van der Waals surface area contributed by atoms with Crippen LogP contribution in [-0.2, 0) is 26.2 Å². The zero-order valence-electron chi connectivity index (χ0n) is 23.3. The number of rotatable bonds is 11. The van der Waals surface area contributed by atoms with Gasteiger partial charge >= 0.3 is 0 Å². The molecule has 1 fully saturated rings. The first-order valence-electron chi connectivity index (χ1n) is 13.8. The summed E-state index contributed by atoms with van der Waals surface area (Å²) in [6, 6.07) is 20.7. The number of nitrogens with zero attached hydrogens (tertiary/aromatic N) is 2. The first-order chi connectivity index (χ1) is 19.7. The molecule has 1 aliphatic carbocycles. The van der Waals surface area contributed by atoms with Crippen LogP contribution >= 0.6 is 11.6 Å². The SMILES string of the molecule is COc1ccc(N(CC(=O)N(Cc2ccccc2Cl)[C@H](C)C(=O)NC2CCCCC2)S(=O)(=O)c2ccccc2)cc1. The molecule has 0 heterocycles. The van der Waals surface area contributed by atoms with Crippen LogP contribution in [0.5, 0.6) is 5.75 Å². The van der Waals surface area contributed by atoms with Gasteiger partial charge in [0.1, 0.15) is 18.3 Å². The predicted octanol–water partition coefficient (Wildman–Crippen LogP) is 5.41. The Bertz CT molecular complexity index is 1430. The number of nitrogens with one attached hydrogen (secondary N) is 1. The molecule has 0 bridgehead atoms. The fourth-order valence-electron chi connectivity index (χ4n) is 4.96. The van der Waals surface area contributed by atoms with Crippen LogP contribution in [0.15, 0.2) is 83.8 Å². The van der Waals surface area contributed by atoms with Crippen molar-refractivity contribution in [3.05, 3.63) is 89.4 Å². The molecule has 0 aliphatic heterocycles. The lowest BCUT2D eigenvalue weighted by Gasteiger charge is -2.33. The molecule has 3 aromatic rings. The van der Waals surface area contributed by atoms with Crippen molar-refractivity contribution >= 4 is 39.1 Å². The van der Waals surface area contributed by atoms with Gasteiger partial charge in [0.2, 0.25) is 11.8 Å². The molecule has 0 aromatic heterocycles. The van der Waals surface area contributed by atoms with Crippen molar-refractivity contribution in [3.8, 4) is 5.75 Å². The Kier molecular flexibility index (Phi) is 10.3. The number of benzene rings is 3. The summed E-state index contributed by atoms with van der Waals surface area (Å²) in [4.78, 5) is 28.9. The predicted molar refractivity (Wildman–Crippen MR) is 160 cm³/mol. The van der Waals surface area contributed by atoms with Gasteiger partial charge in [0.15, 0.2) is 0 Å². The normalized spacial score (nSPS) is 14.6. The molecule has 4 rings (SSSR count). The second-order valence-electron chi connectivity index (χ2n) is 10.2. The summed E-state index contributed by atoms with van der Waals surface area (Å²) in [5.74, 6) is -0.267. The van der Waals surface area contributed by atoms with E-state index in [2.05, 4.69) is 5.32 Å². The molecule has 1 atom stereocenters. The van der Waals surface area contributed by atoms with Crippen molar-refractivity contribution in [2.24, 2.45) is 0 Å². The molecular formula is C31H36ClN3O5S. The number of hydrogen-bond donors (Lipinski definition) is 1. The summed E-state index contributed by atoms with van der Waals surface area (Å²) in [6.07, 6.45) is 5.05. The van der Waals surface area contributed by atoms with Crippen molar-refractivity contribution in [2.45, 2.75) is 62.6 Å². The maximum absolute atomic E-state index is 14.1. The number of amides is 2. The van der Waals surface area contributed by atoms with Gasteiger partial charge < -0.3 is 15.0 Å². The Morgan fingerprint density at radius 1 is 0.951 bits per heavy atom. The fourth-order valence-corrected chi connectivity index (χ4v) is 6.59. The summed E-state index contributed by atoms with van der Waals surface area (Å²) < 4.78 is 34.0. The second kappa shape index (κ2) is 13.9. The summed E-state index contributed by atoms with van der Waals surface area (Å²) in [7, 11) is -2.62. The lowest BCUT2D eigenvalue weighted by atomic mass is 9.95. The molecular weight excluding hydrogens is 562 g/mol.